The summed E-state index contributed by atoms with van der Waals surface area (Å²) in [6.45, 7) is 5.75. The molecule has 4 heterocycles. The first kappa shape index (κ1) is 21.9. The van der Waals surface area contributed by atoms with E-state index in [1.807, 2.05) is 24.3 Å². The predicted octanol–water partition coefficient (Wildman–Crippen LogP) is 3.35. The number of morpholine rings is 2. The third kappa shape index (κ3) is 4.54. The third-order valence-corrected chi connectivity index (χ3v) is 6.53. The van der Waals surface area contributed by atoms with Crippen molar-refractivity contribution in [3.8, 4) is 11.4 Å². The molecule has 0 aliphatic carbocycles. The zero-order chi connectivity index (χ0) is 23.5. The third-order valence-electron chi connectivity index (χ3n) is 6.53. The number of rotatable bonds is 5. The minimum Gasteiger partial charge on any atom is -0.378 e. The van der Waals surface area contributed by atoms with E-state index in [1.165, 1.54) is 5.56 Å². The Morgan fingerprint density at radius 2 is 1.23 bits per heavy atom. The first-order chi connectivity index (χ1) is 17.4. The van der Waals surface area contributed by atoms with E-state index in [4.69, 9.17) is 29.6 Å². The van der Waals surface area contributed by atoms with Gasteiger partial charge in [0.1, 0.15) is 5.52 Å². The summed E-state index contributed by atoms with van der Waals surface area (Å²) in [5.41, 5.74) is 4.00. The minimum absolute atomic E-state index is 0.669. The molecule has 2 aromatic heterocycles. The van der Waals surface area contributed by atoms with Crippen LogP contribution < -0.4 is 9.80 Å². The maximum atomic E-state index is 5.61. The highest BCUT2D eigenvalue weighted by atomic mass is 16.5. The van der Waals surface area contributed by atoms with Crippen molar-refractivity contribution in [2.45, 2.75) is 6.42 Å². The van der Waals surface area contributed by atoms with Crippen molar-refractivity contribution < 1.29 is 9.47 Å². The molecule has 0 amide bonds. The molecule has 8 nitrogen and oxygen atoms in total. The second kappa shape index (κ2) is 9.93. The number of nitrogens with zero attached hydrogens (tertiary/aromatic N) is 6. The van der Waals surface area contributed by atoms with Gasteiger partial charge in [0.15, 0.2) is 17.5 Å². The smallest absolute Gasteiger partial charge is 0.178 e. The average Bonchev–Trinajstić information content (AvgIpc) is 2.94. The van der Waals surface area contributed by atoms with E-state index >= 15 is 0 Å². The van der Waals surface area contributed by atoms with Crippen LogP contribution in [0.25, 0.3) is 22.3 Å². The summed E-state index contributed by atoms with van der Waals surface area (Å²) < 4.78 is 11.2. The van der Waals surface area contributed by atoms with E-state index < -0.39 is 0 Å². The molecule has 2 aliphatic rings. The number of hydrogen-bond acceptors (Lipinski definition) is 8. The number of aromatic nitrogens is 4. The second-order valence-corrected chi connectivity index (χ2v) is 8.79. The van der Waals surface area contributed by atoms with Gasteiger partial charge in [0.2, 0.25) is 0 Å². The number of fused-ring (bicyclic) bond motifs is 1. The van der Waals surface area contributed by atoms with Crippen LogP contribution in [-0.2, 0) is 15.9 Å². The van der Waals surface area contributed by atoms with Crippen molar-refractivity contribution in [1.82, 2.24) is 20.2 Å². The fourth-order valence-corrected chi connectivity index (χ4v) is 4.71. The molecule has 178 valence electrons. The molecule has 4 aromatic rings. The molecule has 8 heteroatoms. The van der Waals surface area contributed by atoms with Gasteiger partial charge in [0.05, 0.1) is 37.5 Å². The van der Waals surface area contributed by atoms with Gasteiger partial charge in [-0.25, -0.2) is 9.97 Å². The van der Waals surface area contributed by atoms with E-state index in [2.05, 4.69) is 46.2 Å². The lowest BCUT2D eigenvalue weighted by Gasteiger charge is -2.31. The molecular weight excluding hydrogens is 440 g/mol. The van der Waals surface area contributed by atoms with Crippen LogP contribution in [-0.4, -0.2) is 72.8 Å². The van der Waals surface area contributed by atoms with Crippen LogP contribution in [0.1, 0.15) is 11.3 Å². The normalized spacial score (nSPS) is 16.6. The summed E-state index contributed by atoms with van der Waals surface area (Å²) in [5.74, 6) is 2.35. The lowest BCUT2D eigenvalue weighted by atomic mass is 10.0. The summed E-state index contributed by atoms with van der Waals surface area (Å²) in [6.07, 6.45) is 0.686. The molecule has 0 atom stereocenters. The van der Waals surface area contributed by atoms with Gasteiger partial charge in [-0.05, 0) is 5.56 Å². The van der Waals surface area contributed by atoms with Crippen LogP contribution in [0.2, 0.25) is 0 Å². The Kier molecular flexibility index (Phi) is 6.21. The zero-order valence-corrected chi connectivity index (χ0v) is 19.6. The van der Waals surface area contributed by atoms with E-state index in [-0.39, 0.29) is 0 Å². The lowest BCUT2D eigenvalue weighted by Crippen LogP contribution is -2.39. The van der Waals surface area contributed by atoms with Crippen LogP contribution in [0.5, 0.6) is 0 Å². The quantitative estimate of drug-likeness (QED) is 0.441. The summed E-state index contributed by atoms with van der Waals surface area (Å²) >= 11 is 0. The fraction of sp³-hybridized carbons (Fsp3) is 0.333. The van der Waals surface area contributed by atoms with Crippen LogP contribution in [0.4, 0.5) is 11.6 Å². The zero-order valence-electron chi connectivity index (χ0n) is 19.6. The highest BCUT2D eigenvalue weighted by Crippen LogP contribution is 2.34. The largest absolute Gasteiger partial charge is 0.378 e. The van der Waals surface area contributed by atoms with Crippen molar-refractivity contribution in [2.24, 2.45) is 0 Å². The minimum atomic E-state index is 0.669. The second-order valence-electron chi connectivity index (χ2n) is 8.79. The summed E-state index contributed by atoms with van der Waals surface area (Å²) in [7, 11) is 0. The molecule has 0 spiro atoms. The molecule has 6 rings (SSSR count). The fourth-order valence-electron chi connectivity index (χ4n) is 4.71. The number of hydrogen-bond donors (Lipinski definition) is 0. The van der Waals surface area contributed by atoms with Crippen molar-refractivity contribution >= 4 is 22.5 Å². The molecule has 35 heavy (non-hydrogen) atoms. The van der Waals surface area contributed by atoms with Gasteiger partial charge in [0.25, 0.3) is 0 Å². The number of ether oxygens (including phenoxy) is 2. The van der Waals surface area contributed by atoms with Gasteiger partial charge < -0.3 is 19.3 Å². The molecule has 0 N–H and O–H groups in total. The van der Waals surface area contributed by atoms with Crippen molar-refractivity contribution in [2.75, 3.05) is 62.4 Å². The Balaban J connectivity index is 1.59. The standard InChI is InChI=1S/C27H28N6O2/c1-3-7-20(8-4-1)19-22-23-24(29-25(28-22)21-9-5-2-6-10-21)27(33-13-17-35-18-14-33)31-30-26(23)32-11-15-34-16-12-32/h1-10H,11-19H2. The highest BCUT2D eigenvalue weighted by molar-refractivity contribution is 5.99. The van der Waals surface area contributed by atoms with Gasteiger partial charge in [-0.1, -0.05) is 60.7 Å². The maximum Gasteiger partial charge on any atom is 0.178 e. The molecule has 0 saturated carbocycles. The van der Waals surface area contributed by atoms with Crippen molar-refractivity contribution in [3.05, 3.63) is 71.9 Å². The van der Waals surface area contributed by atoms with Crippen LogP contribution in [0.3, 0.4) is 0 Å². The van der Waals surface area contributed by atoms with Gasteiger partial charge in [-0.15, -0.1) is 10.2 Å². The molecule has 0 bridgehead atoms. The van der Waals surface area contributed by atoms with E-state index in [1.54, 1.807) is 0 Å². The summed E-state index contributed by atoms with van der Waals surface area (Å²) in [4.78, 5) is 14.7. The van der Waals surface area contributed by atoms with E-state index in [9.17, 15) is 0 Å². The van der Waals surface area contributed by atoms with Gasteiger partial charge in [0, 0.05) is 38.2 Å². The van der Waals surface area contributed by atoms with Crippen molar-refractivity contribution in [1.29, 1.82) is 0 Å². The Labute approximate surface area is 204 Å². The molecule has 0 unspecified atom stereocenters. The van der Waals surface area contributed by atoms with Gasteiger partial charge in [-0.2, -0.15) is 0 Å². The van der Waals surface area contributed by atoms with Crippen LogP contribution in [0.15, 0.2) is 60.7 Å². The van der Waals surface area contributed by atoms with E-state index in [0.717, 1.165) is 60.0 Å². The summed E-state index contributed by atoms with van der Waals surface area (Å²) in [6, 6.07) is 20.6. The maximum absolute atomic E-state index is 5.61. The number of benzene rings is 2. The first-order valence-corrected chi connectivity index (χ1v) is 12.2. The molecule has 2 aromatic carbocycles. The monoisotopic (exact) mass is 468 g/mol. The molecule has 0 radical (unpaired) electrons. The van der Waals surface area contributed by atoms with E-state index in [0.29, 0.717) is 38.7 Å². The average molecular weight is 469 g/mol. The van der Waals surface area contributed by atoms with Crippen molar-refractivity contribution in [3.63, 3.8) is 0 Å². The van der Waals surface area contributed by atoms with Gasteiger partial charge in [-0.3, -0.25) is 0 Å². The Bertz CT molecular complexity index is 1290. The molecule has 2 saturated heterocycles. The molecule has 2 aliphatic heterocycles. The Morgan fingerprint density at radius 1 is 0.657 bits per heavy atom. The SMILES string of the molecule is c1ccc(Cc2nc(-c3ccccc3)nc3c(N4CCOCC4)nnc(N4CCOCC4)c23)cc1. The Hall–Kier alpha value is -3.62. The number of anilines is 2. The molecule has 2 fully saturated rings. The Morgan fingerprint density at radius 3 is 1.89 bits per heavy atom. The summed E-state index contributed by atoms with van der Waals surface area (Å²) in [5, 5.41) is 10.5. The highest BCUT2D eigenvalue weighted by Gasteiger charge is 2.26. The van der Waals surface area contributed by atoms with Gasteiger partial charge >= 0.3 is 0 Å². The van der Waals surface area contributed by atoms with Crippen LogP contribution >= 0.6 is 0 Å². The topological polar surface area (TPSA) is 76.5 Å². The van der Waals surface area contributed by atoms with Crippen LogP contribution in [0, 0.1) is 0 Å². The predicted molar refractivity (Wildman–Crippen MR) is 136 cm³/mol. The lowest BCUT2D eigenvalue weighted by molar-refractivity contribution is 0.122. The molecular formula is C27H28N6O2. The first-order valence-electron chi connectivity index (χ1n) is 12.2.